The van der Waals surface area contributed by atoms with Gasteiger partial charge in [0.1, 0.15) is 17.4 Å². The van der Waals surface area contributed by atoms with Gasteiger partial charge in [0.25, 0.3) is 0 Å². The summed E-state index contributed by atoms with van der Waals surface area (Å²) in [6, 6.07) is 6.60. The molecule has 2 heterocycles. The molecule has 0 radical (unpaired) electrons. The molecule has 1 aliphatic rings. The number of carbonyl (C=O) groups excluding carboxylic acids is 1. The lowest BCUT2D eigenvalue weighted by atomic mass is 9.98. The van der Waals surface area contributed by atoms with E-state index in [1.807, 2.05) is 13.8 Å². The summed E-state index contributed by atoms with van der Waals surface area (Å²) >= 11 is 0. The summed E-state index contributed by atoms with van der Waals surface area (Å²) in [4.78, 5) is 23.9. The van der Waals surface area contributed by atoms with Crippen LogP contribution < -0.4 is 10.4 Å². The summed E-state index contributed by atoms with van der Waals surface area (Å²) < 4.78 is 22.3. The van der Waals surface area contributed by atoms with Crippen molar-refractivity contribution in [3.63, 3.8) is 0 Å². The molecular weight excluding hydrogens is 336 g/mol. The first-order valence-corrected chi connectivity index (χ1v) is 8.50. The second-order valence-corrected chi connectivity index (χ2v) is 6.75. The number of fused-ring (bicyclic) bond motifs is 1. The van der Waals surface area contributed by atoms with Crippen LogP contribution in [0.3, 0.4) is 0 Å². The highest BCUT2D eigenvalue weighted by Crippen LogP contribution is 2.42. The zero-order chi connectivity index (χ0) is 18.8. The highest BCUT2D eigenvalue weighted by atomic mass is 16.6. The van der Waals surface area contributed by atoms with E-state index in [-0.39, 0.29) is 18.5 Å². The molecule has 0 N–H and O–H groups in total. The number of hydrogen-bond donors (Lipinski definition) is 0. The van der Waals surface area contributed by atoms with Gasteiger partial charge < -0.3 is 18.6 Å². The Morgan fingerprint density at radius 2 is 2.04 bits per heavy atom. The predicted molar refractivity (Wildman–Crippen MR) is 96.2 cm³/mol. The first-order chi connectivity index (χ1) is 12.4. The fourth-order valence-corrected chi connectivity index (χ4v) is 3.07. The van der Waals surface area contributed by atoms with Crippen molar-refractivity contribution < 1.29 is 23.4 Å². The molecular formula is C20H22O6. The lowest BCUT2D eigenvalue weighted by Gasteiger charge is -2.22. The molecule has 0 spiro atoms. The smallest absolute Gasteiger partial charge is 0.336 e. The Kier molecular flexibility index (Phi) is 5.13. The van der Waals surface area contributed by atoms with E-state index in [1.165, 1.54) is 13.2 Å². The summed E-state index contributed by atoms with van der Waals surface area (Å²) in [6.07, 6.45) is -1.01. The third kappa shape index (κ3) is 3.51. The van der Waals surface area contributed by atoms with E-state index in [4.69, 9.17) is 18.6 Å². The Morgan fingerprint density at radius 3 is 2.73 bits per heavy atom. The first-order valence-electron chi connectivity index (χ1n) is 8.50. The van der Waals surface area contributed by atoms with Crippen molar-refractivity contribution >= 4 is 16.9 Å². The molecule has 2 aromatic rings. The van der Waals surface area contributed by atoms with Gasteiger partial charge in [0.2, 0.25) is 0 Å². The molecule has 1 aromatic heterocycles. The van der Waals surface area contributed by atoms with Crippen LogP contribution in [-0.2, 0) is 14.3 Å². The van der Waals surface area contributed by atoms with Gasteiger partial charge in [-0.05, 0) is 29.7 Å². The number of esters is 1. The summed E-state index contributed by atoms with van der Waals surface area (Å²) in [6.45, 7) is 8.10. The molecule has 1 aromatic carbocycles. The molecule has 1 aliphatic heterocycles. The summed E-state index contributed by atoms with van der Waals surface area (Å²) in [5.74, 6) is 0.361. The van der Waals surface area contributed by atoms with Gasteiger partial charge in [-0.25, -0.2) is 4.79 Å². The number of ether oxygens (including phenoxy) is 3. The molecule has 1 fully saturated rings. The highest BCUT2D eigenvalue weighted by molar-refractivity contribution is 5.83. The average molecular weight is 358 g/mol. The van der Waals surface area contributed by atoms with Crippen LogP contribution >= 0.6 is 0 Å². The molecule has 0 amide bonds. The second-order valence-electron chi connectivity index (χ2n) is 6.75. The van der Waals surface area contributed by atoms with Gasteiger partial charge >= 0.3 is 11.6 Å². The van der Waals surface area contributed by atoms with Crippen LogP contribution in [0.25, 0.3) is 11.0 Å². The Bertz CT molecular complexity index is 895. The molecule has 26 heavy (non-hydrogen) atoms. The molecule has 1 saturated heterocycles. The van der Waals surface area contributed by atoms with E-state index in [9.17, 15) is 9.59 Å². The normalized spacial score (nSPS) is 19.9. The monoisotopic (exact) mass is 358 g/mol. The van der Waals surface area contributed by atoms with Gasteiger partial charge in [0, 0.05) is 17.9 Å². The van der Waals surface area contributed by atoms with Gasteiger partial charge in [0.15, 0.2) is 6.10 Å². The largest absolute Gasteiger partial charge is 0.496 e. The number of benzene rings is 1. The maximum absolute atomic E-state index is 12.2. The van der Waals surface area contributed by atoms with Crippen molar-refractivity contribution in [2.45, 2.75) is 32.5 Å². The van der Waals surface area contributed by atoms with E-state index in [2.05, 4.69) is 6.58 Å². The van der Waals surface area contributed by atoms with E-state index in [0.717, 1.165) is 5.39 Å². The maximum Gasteiger partial charge on any atom is 0.336 e. The Balaban J connectivity index is 2.06. The molecule has 0 bridgehead atoms. The third-order valence-electron chi connectivity index (χ3n) is 4.25. The van der Waals surface area contributed by atoms with E-state index in [1.54, 1.807) is 18.2 Å². The van der Waals surface area contributed by atoms with Crippen LogP contribution in [0, 0.1) is 5.92 Å². The molecule has 6 nitrogen and oxygen atoms in total. The Hall–Kier alpha value is -2.60. The minimum absolute atomic E-state index is 0.182. The molecule has 0 aliphatic carbocycles. The van der Waals surface area contributed by atoms with Crippen molar-refractivity contribution in [2.75, 3.05) is 13.7 Å². The van der Waals surface area contributed by atoms with Crippen molar-refractivity contribution in [1.82, 2.24) is 0 Å². The molecule has 138 valence electrons. The molecule has 0 saturated carbocycles. The zero-order valence-corrected chi connectivity index (χ0v) is 15.1. The minimum atomic E-state index is -0.661. The van der Waals surface area contributed by atoms with E-state index in [0.29, 0.717) is 28.9 Å². The first kappa shape index (κ1) is 18.2. The van der Waals surface area contributed by atoms with Gasteiger partial charge in [-0.2, -0.15) is 0 Å². The standard InChI is InChI=1S/C20H22O6/c1-11(2)9-16(22)26-18-12(3)10-24-20(18)17-14(23-4)7-5-13-6-8-15(21)25-19(13)17/h5-8,11,18,20H,3,9-10H2,1-2,4H3/t18-,20+/m0/s1. The fourth-order valence-electron chi connectivity index (χ4n) is 3.07. The molecule has 6 heteroatoms. The SMILES string of the molecule is C=C1CO[C@H](c2c(OC)ccc3ccc(=O)oc23)[C@H]1OC(=O)CC(C)C. The highest BCUT2D eigenvalue weighted by Gasteiger charge is 2.39. The van der Waals surface area contributed by atoms with Gasteiger partial charge in [0.05, 0.1) is 19.3 Å². The van der Waals surface area contributed by atoms with Crippen LogP contribution in [0.15, 0.2) is 45.6 Å². The average Bonchev–Trinajstić information content (AvgIpc) is 2.93. The zero-order valence-electron chi connectivity index (χ0n) is 15.1. The van der Waals surface area contributed by atoms with Crippen molar-refractivity contribution in [1.29, 1.82) is 0 Å². The van der Waals surface area contributed by atoms with Gasteiger partial charge in [-0.15, -0.1) is 0 Å². The van der Waals surface area contributed by atoms with Crippen LogP contribution in [0.1, 0.15) is 31.9 Å². The van der Waals surface area contributed by atoms with Crippen molar-refractivity contribution in [3.8, 4) is 5.75 Å². The van der Waals surface area contributed by atoms with Gasteiger partial charge in [-0.1, -0.05) is 20.4 Å². The summed E-state index contributed by atoms with van der Waals surface area (Å²) in [7, 11) is 1.52. The van der Waals surface area contributed by atoms with Crippen molar-refractivity contribution in [3.05, 3.63) is 52.4 Å². The summed E-state index contributed by atoms with van der Waals surface area (Å²) in [5.41, 5.74) is 1.09. The number of methoxy groups -OCH3 is 1. The van der Waals surface area contributed by atoms with E-state index >= 15 is 0 Å². The Morgan fingerprint density at radius 1 is 1.31 bits per heavy atom. The van der Waals surface area contributed by atoms with Gasteiger partial charge in [-0.3, -0.25) is 4.79 Å². The topological polar surface area (TPSA) is 75.0 Å². The Labute approximate surface area is 151 Å². The second kappa shape index (κ2) is 7.33. The van der Waals surface area contributed by atoms with Crippen LogP contribution in [0.4, 0.5) is 0 Å². The third-order valence-corrected chi connectivity index (χ3v) is 4.25. The number of carbonyl (C=O) groups is 1. The molecule has 2 atom stereocenters. The fraction of sp³-hybridized carbons (Fsp3) is 0.400. The summed E-state index contributed by atoms with van der Waals surface area (Å²) in [5, 5.41) is 0.730. The number of rotatable bonds is 5. The predicted octanol–water partition coefficient (Wildman–Crippen LogP) is 3.39. The maximum atomic E-state index is 12.2. The quantitative estimate of drug-likeness (QED) is 0.463. The van der Waals surface area contributed by atoms with Crippen LogP contribution in [0.2, 0.25) is 0 Å². The lowest BCUT2D eigenvalue weighted by Crippen LogP contribution is -2.24. The molecule has 0 unspecified atom stereocenters. The van der Waals surface area contributed by atoms with Crippen LogP contribution in [-0.4, -0.2) is 25.8 Å². The van der Waals surface area contributed by atoms with E-state index < -0.39 is 17.8 Å². The number of hydrogen-bond acceptors (Lipinski definition) is 6. The molecule has 3 rings (SSSR count). The van der Waals surface area contributed by atoms with Crippen molar-refractivity contribution in [2.24, 2.45) is 5.92 Å². The minimum Gasteiger partial charge on any atom is -0.496 e. The van der Waals surface area contributed by atoms with Crippen LogP contribution in [0.5, 0.6) is 5.75 Å². The lowest BCUT2D eigenvalue weighted by molar-refractivity contribution is -0.151.